The smallest absolute Gasteiger partial charge is 0.329 e. The van der Waals surface area contributed by atoms with E-state index in [1.54, 1.807) is 19.2 Å². The van der Waals surface area contributed by atoms with Gasteiger partial charge in [-0.3, -0.25) is 14.6 Å². The van der Waals surface area contributed by atoms with Crippen LogP contribution >= 0.6 is 0 Å². The van der Waals surface area contributed by atoms with E-state index >= 15 is 0 Å². The van der Waals surface area contributed by atoms with Gasteiger partial charge in [0.2, 0.25) is 0 Å². The topological polar surface area (TPSA) is 86.2 Å². The molecule has 0 aromatic heterocycles. The average molecular weight is 348 g/mol. The number of rotatable bonds is 4. The van der Waals surface area contributed by atoms with E-state index in [1.807, 2.05) is 26.8 Å². The number of nitrogens with one attached hydrogen (secondary N) is 1. The summed E-state index contributed by atoms with van der Waals surface area (Å²) in [4.78, 5) is 28.0. The van der Waals surface area contributed by atoms with Crippen LogP contribution in [0.5, 0.6) is 5.75 Å². The van der Waals surface area contributed by atoms with Gasteiger partial charge in [0, 0.05) is 31.7 Å². The van der Waals surface area contributed by atoms with Crippen molar-refractivity contribution >= 4 is 29.5 Å². The molecule has 0 amide bonds. The Balaban J connectivity index is 2.18. The summed E-state index contributed by atoms with van der Waals surface area (Å²) in [5.74, 6) is -3.17. The predicted molar refractivity (Wildman–Crippen MR) is 94.3 cm³/mol. The lowest BCUT2D eigenvalue weighted by Gasteiger charge is -2.31. The first-order valence-electron chi connectivity index (χ1n) is 7.97. The maximum Gasteiger partial charge on any atom is 0.329 e. The van der Waals surface area contributed by atoms with Gasteiger partial charge in [-0.2, -0.15) is 0 Å². The fourth-order valence-electron chi connectivity index (χ4n) is 2.28. The van der Waals surface area contributed by atoms with Crippen molar-refractivity contribution in [2.75, 3.05) is 12.4 Å². The Bertz CT molecular complexity index is 684. The van der Waals surface area contributed by atoms with Gasteiger partial charge in [0.25, 0.3) is 5.79 Å². The summed E-state index contributed by atoms with van der Waals surface area (Å²) in [6.07, 6.45) is 1.23. The van der Waals surface area contributed by atoms with Gasteiger partial charge in [0.05, 0.1) is 18.5 Å². The Morgan fingerprint density at radius 2 is 1.80 bits per heavy atom. The first kappa shape index (κ1) is 18.8. The number of carbonyl (C=O) groups excluding carboxylic acids is 2. The third-order valence-electron chi connectivity index (χ3n) is 3.27. The van der Waals surface area contributed by atoms with Gasteiger partial charge >= 0.3 is 11.9 Å². The van der Waals surface area contributed by atoms with Gasteiger partial charge in [-0.05, 0) is 32.9 Å². The average Bonchev–Trinajstić information content (AvgIpc) is 2.44. The van der Waals surface area contributed by atoms with Gasteiger partial charge in [-0.1, -0.05) is 0 Å². The van der Waals surface area contributed by atoms with Crippen molar-refractivity contribution in [3.8, 4) is 5.75 Å². The highest BCUT2D eigenvalue weighted by Crippen LogP contribution is 2.31. The van der Waals surface area contributed by atoms with Crippen LogP contribution in [0.4, 0.5) is 11.4 Å². The van der Waals surface area contributed by atoms with Gasteiger partial charge < -0.3 is 19.5 Å². The molecule has 0 radical (unpaired) electrons. The second-order valence-electron chi connectivity index (χ2n) is 7.26. The van der Waals surface area contributed by atoms with Crippen LogP contribution in [-0.4, -0.2) is 36.6 Å². The van der Waals surface area contributed by atoms with Crippen LogP contribution < -0.4 is 10.1 Å². The van der Waals surface area contributed by atoms with Crippen molar-refractivity contribution in [2.45, 2.75) is 45.9 Å². The maximum absolute atomic E-state index is 11.9. The summed E-state index contributed by atoms with van der Waals surface area (Å²) in [5.41, 5.74) is 1.24. The molecule has 7 nitrogen and oxygen atoms in total. The van der Waals surface area contributed by atoms with Crippen LogP contribution in [0.15, 0.2) is 23.2 Å². The lowest BCUT2D eigenvalue weighted by molar-refractivity contribution is -0.235. The van der Waals surface area contributed by atoms with E-state index in [4.69, 9.17) is 14.2 Å². The molecule has 0 aliphatic carbocycles. The number of hydrogen-bond acceptors (Lipinski definition) is 7. The molecule has 0 unspecified atom stereocenters. The maximum atomic E-state index is 11.9. The Kier molecular flexibility index (Phi) is 5.06. The fourth-order valence-corrected chi connectivity index (χ4v) is 2.28. The standard InChI is InChI=1S/C18H24N2O5/c1-17(2,3)20-13-8-7-11(9-14(13)23-6)19-10-12-15(21)24-18(4,5)25-16(12)22/h7-10,12,20H,1-6H3. The van der Waals surface area contributed by atoms with E-state index < -0.39 is 23.6 Å². The molecule has 0 spiro atoms. The zero-order valence-electron chi connectivity index (χ0n) is 15.4. The third-order valence-corrected chi connectivity index (χ3v) is 3.27. The number of nitrogens with zero attached hydrogens (tertiary/aromatic N) is 1. The van der Waals surface area contributed by atoms with Crippen LogP contribution in [0, 0.1) is 5.92 Å². The van der Waals surface area contributed by atoms with E-state index in [0.29, 0.717) is 11.4 Å². The van der Waals surface area contributed by atoms with Crippen molar-refractivity contribution in [1.29, 1.82) is 0 Å². The monoisotopic (exact) mass is 348 g/mol. The quantitative estimate of drug-likeness (QED) is 0.511. The molecule has 1 saturated heterocycles. The minimum atomic E-state index is -1.25. The number of carbonyl (C=O) groups is 2. The summed E-state index contributed by atoms with van der Waals surface area (Å²) >= 11 is 0. The first-order valence-corrected chi connectivity index (χ1v) is 7.97. The lowest BCUT2D eigenvalue weighted by Crippen LogP contribution is -2.46. The predicted octanol–water partition coefficient (Wildman–Crippen LogP) is 3.06. The molecule has 0 saturated carbocycles. The molecule has 1 aliphatic heterocycles. The van der Waals surface area contributed by atoms with Crippen molar-refractivity contribution in [2.24, 2.45) is 10.9 Å². The largest absolute Gasteiger partial charge is 0.495 e. The summed E-state index contributed by atoms with van der Waals surface area (Å²) in [7, 11) is 1.56. The van der Waals surface area contributed by atoms with Gasteiger partial charge in [-0.15, -0.1) is 0 Å². The zero-order valence-corrected chi connectivity index (χ0v) is 15.4. The van der Waals surface area contributed by atoms with Crippen LogP contribution in [0.25, 0.3) is 0 Å². The summed E-state index contributed by atoms with van der Waals surface area (Å²) in [6.45, 7) is 9.13. The Morgan fingerprint density at radius 1 is 1.20 bits per heavy atom. The van der Waals surface area contributed by atoms with Crippen LogP contribution in [-0.2, 0) is 19.1 Å². The fraction of sp³-hybridized carbons (Fsp3) is 0.500. The molecular formula is C18H24N2O5. The van der Waals surface area contributed by atoms with Crippen LogP contribution in [0.1, 0.15) is 34.6 Å². The molecule has 1 aromatic rings. The van der Waals surface area contributed by atoms with Gasteiger partial charge in [0.1, 0.15) is 5.75 Å². The van der Waals surface area contributed by atoms with E-state index in [9.17, 15) is 9.59 Å². The number of methoxy groups -OCH3 is 1. The molecule has 136 valence electrons. The number of ether oxygens (including phenoxy) is 3. The van der Waals surface area contributed by atoms with Crippen molar-refractivity contribution in [3.63, 3.8) is 0 Å². The Hall–Kier alpha value is -2.57. The zero-order chi connectivity index (χ0) is 18.8. The molecule has 25 heavy (non-hydrogen) atoms. The summed E-state index contributed by atoms with van der Waals surface area (Å²) in [6, 6.07) is 5.31. The minimum Gasteiger partial charge on any atom is -0.495 e. The van der Waals surface area contributed by atoms with Gasteiger partial charge in [-0.25, -0.2) is 0 Å². The lowest BCUT2D eigenvalue weighted by atomic mass is 10.1. The summed E-state index contributed by atoms with van der Waals surface area (Å²) in [5, 5.41) is 3.33. The highest BCUT2D eigenvalue weighted by molar-refractivity contribution is 6.10. The number of hydrogen-bond donors (Lipinski definition) is 1. The molecule has 0 atom stereocenters. The Labute approximate surface area is 147 Å². The first-order chi connectivity index (χ1) is 11.5. The van der Waals surface area contributed by atoms with Crippen LogP contribution in [0.2, 0.25) is 0 Å². The highest BCUT2D eigenvalue weighted by atomic mass is 16.7. The number of cyclic esters (lactones) is 2. The van der Waals surface area contributed by atoms with E-state index in [-0.39, 0.29) is 5.54 Å². The second kappa shape index (κ2) is 6.74. The molecular weight excluding hydrogens is 324 g/mol. The molecule has 1 fully saturated rings. The number of anilines is 1. The molecule has 1 heterocycles. The molecule has 1 N–H and O–H groups in total. The van der Waals surface area contributed by atoms with E-state index in [0.717, 1.165) is 5.69 Å². The molecule has 2 rings (SSSR count). The minimum absolute atomic E-state index is 0.125. The van der Waals surface area contributed by atoms with Gasteiger partial charge in [0.15, 0.2) is 5.92 Å². The normalized spacial score (nSPS) is 18.0. The Morgan fingerprint density at radius 3 is 2.32 bits per heavy atom. The number of esters is 2. The third kappa shape index (κ3) is 4.95. The van der Waals surface area contributed by atoms with Crippen molar-refractivity contribution < 1.29 is 23.8 Å². The van der Waals surface area contributed by atoms with Crippen molar-refractivity contribution in [3.05, 3.63) is 18.2 Å². The molecule has 1 aliphatic rings. The van der Waals surface area contributed by atoms with Crippen molar-refractivity contribution in [1.82, 2.24) is 0 Å². The molecule has 1 aromatic carbocycles. The molecule has 0 bridgehead atoms. The highest BCUT2D eigenvalue weighted by Gasteiger charge is 2.42. The second-order valence-corrected chi connectivity index (χ2v) is 7.26. The number of benzene rings is 1. The van der Waals surface area contributed by atoms with Crippen LogP contribution in [0.3, 0.4) is 0 Å². The molecule has 7 heteroatoms. The SMILES string of the molecule is COc1cc(N=CC2C(=O)OC(C)(C)OC2=O)ccc1NC(C)(C)C. The van der Waals surface area contributed by atoms with E-state index in [2.05, 4.69) is 10.3 Å². The van der Waals surface area contributed by atoms with E-state index in [1.165, 1.54) is 20.1 Å². The number of aliphatic imine (C=N–C) groups is 1. The summed E-state index contributed by atoms with van der Waals surface area (Å²) < 4.78 is 15.5.